The van der Waals surface area contributed by atoms with E-state index in [4.69, 9.17) is 0 Å². The lowest BCUT2D eigenvalue weighted by molar-refractivity contribution is 0.161. The summed E-state index contributed by atoms with van der Waals surface area (Å²) in [5, 5.41) is 13.9. The molecule has 0 saturated heterocycles. The van der Waals surface area contributed by atoms with Gasteiger partial charge < -0.3 is 4.98 Å². The number of aromatic amines is 1. The highest BCUT2D eigenvalue weighted by molar-refractivity contribution is 5.82. The van der Waals surface area contributed by atoms with Gasteiger partial charge in [0.2, 0.25) is 0 Å². The monoisotopic (exact) mass is 492 g/mol. The van der Waals surface area contributed by atoms with E-state index in [1.807, 2.05) is 54.1 Å². The summed E-state index contributed by atoms with van der Waals surface area (Å²) < 4.78 is 1.87. The molecule has 0 unspecified atom stereocenters. The lowest BCUT2D eigenvalue weighted by atomic mass is 10.0. The highest BCUT2D eigenvalue weighted by atomic mass is 16.1. The van der Waals surface area contributed by atoms with Crippen LogP contribution in [0.5, 0.6) is 0 Å². The minimum atomic E-state index is -0.0757. The molecule has 0 radical (unpaired) electrons. The number of rotatable bonds is 9. The van der Waals surface area contributed by atoms with Crippen LogP contribution in [0.2, 0.25) is 0 Å². The first-order valence-corrected chi connectivity index (χ1v) is 12.7. The second-order valence-electron chi connectivity index (χ2n) is 9.66. The zero-order valence-electron chi connectivity index (χ0n) is 21.6. The maximum absolute atomic E-state index is 13.2. The predicted octanol–water partition coefficient (Wildman–Crippen LogP) is 5.33. The van der Waals surface area contributed by atoms with Crippen molar-refractivity contribution in [2.75, 3.05) is 0 Å². The van der Waals surface area contributed by atoms with Gasteiger partial charge in [0.1, 0.15) is 0 Å². The Balaban J connectivity index is 1.53. The zero-order valence-corrected chi connectivity index (χ0v) is 21.6. The molecule has 0 bridgehead atoms. The molecule has 0 spiro atoms. The lowest BCUT2D eigenvalue weighted by Crippen LogP contribution is -2.32. The van der Waals surface area contributed by atoms with E-state index >= 15 is 0 Å². The first-order chi connectivity index (χ1) is 18.0. The van der Waals surface area contributed by atoms with E-state index < -0.39 is 0 Å². The van der Waals surface area contributed by atoms with Gasteiger partial charge in [-0.2, -0.15) is 0 Å². The van der Waals surface area contributed by atoms with E-state index in [0.29, 0.717) is 19.6 Å². The van der Waals surface area contributed by atoms with Crippen molar-refractivity contribution in [2.24, 2.45) is 0 Å². The summed E-state index contributed by atoms with van der Waals surface area (Å²) in [6.45, 7) is 7.99. The fourth-order valence-corrected chi connectivity index (χ4v) is 5.09. The predicted molar refractivity (Wildman–Crippen MR) is 146 cm³/mol. The fraction of sp³-hybridized carbons (Fsp3) is 0.267. The maximum Gasteiger partial charge on any atom is 0.252 e. The Bertz CT molecular complexity index is 1540. The second kappa shape index (κ2) is 10.9. The molecule has 3 aromatic carbocycles. The molecule has 5 rings (SSSR count). The molecule has 1 atom stereocenters. The Labute approximate surface area is 216 Å². The number of hydrogen-bond donors (Lipinski definition) is 1. The van der Waals surface area contributed by atoms with Crippen molar-refractivity contribution < 1.29 is 0 Å². The number of fused-ring (bicyclic) bond motifs is 1. The molecule has 0 fully saturated rings. The van der Waals surface area contributed by atoms with E-state index in [1.165, 1.54) is 11.1 Å². The molecule has 188 valence electrons. The molecule has 2 aromatic heterocycles. The molecule has 0 saturated carbocycles. The fourth-order valence-electron chi connectivity index (χ4n) is 5.09. The summed E-state index contributed by atoms with van der Waals surface area (Å²) in [6.07, 6.45) is 0.797. The van der Waals surface area contributed by atoms with Crippen LogP contribution in [0.25, 0.3) is 10.9 Å². The van der Waals surface area contributed by atoms with E-state index in [0.717, 1.165) is 39.8 Å². The highest BCUT2D eigenvalue weighted by Gasteiger charge is 2.26. The van der Waals surface area contributed by atoms with Crippen molar-refractivity contribution in [3.8, 4) is 0 Å². The average molecular weight is 493 g/mol. The van der Waals surface area contributed by atoms with Gasteiger partial charge in [0.25, 0.3) is 5.56 Å². The third-order valence-corrected chi connectivity index (χ3v) is 6.83. The van der Waals surface area contributed by atoms with Crippen molar-refractivity contribution in [3.63, 3.8) is 0 Å². The summed E-state index contributed by atoms with van der Waals surface area (Å²) in [7, 11) is 0. The summed E-state index contributed by atoms with van der Waals surface area (Å²) >= 11 is 0. The second-order valence-corrected chi connectivity index (χ2v) is 9.66. The molecular weight excluding hydrogens is 460 g/mol. The van der Waals surface area contributed by atoms with Gasteiger partial charge in [-0.25, -0.2) is 4.68 Å². The standard InChI is InChI=1S/C30H32N6O/c1-4-27(29-32-33-34-36(29)19-24-13-9-6-10-14-24)35(18-23-11-7-5-8-12-23)20-26-17-25-16-21(2)15-22(3)28(25)31-30(26)37/h5-17,27H,4,18-20H2,1-3H3,(H,31,37)/t27-/m0/s1. The highest BCUT2D eigenvalue weighted by Crippen LogP contribution is 2.27. The molecular formula is C30H32N6O. The van der Waals surface area contributed by atoms with Gasteiger partial charge >= 0.3 is 0 Å². The van der Waals surface area contributed by atoms with Crippen LogP contribution in [0, 0.1) is 13.8 Å². The maximum atomic E-state index is 13.2. The molecule has 1 N–H and O–H groups in total. The van der Waals surface area contributed by atoms with Crippen LogP contribution in [0.4, 0.5) is 0 Å². The van der Waals surface area contributed by atoms with Gasteiger partial charge in [-0.15, -0.1) is 5.10 Å². The Hall–Kier alpha value is -4.10. The quantitative estimate of drug-likeness (QED) is 0.301. The van der Waals surface area contributed by atoms with Crippen molar-refractivity contribution >= 4 is 10.9 Å². The van der Waals surface area contributed by atoms with Crippen LogP contribution in [0.1, 0.15) is 53.0 Å². The number of H-pyrrole nitrogens is 1. The minimum absolute atomic E-state index is 0.0590. The Morgan fingerprint density at radius 1 is 0.919 bits per heavy atom. The molecule has 7 heteroatoms. The topological polar surface area (TPSA) is 79.7 Å². The van der Waals surface area contributed by atoms with E-state index in [2.05, 4.69) is 75.7 Å². The summed E-state index contributed by atoms with van der Waals surface area (Å²) in [5.74, 6) is 0.797. The molecule has 0 aliphatic heterocycles. The molecule has 2 heterocycles. The van der Waals surface area contributed by atoms with Crippen molar-refractivity contribution in [3.05, 3.63) is 123 Å². The number of hydrogen-bond acceptors (Lipinski definition) is 5. The van der Waals surface area contributed by atoms with E-state index in [-0.39, 0.29) is 11.6 Å². The minimum Gasteiger partial charge on any atom is -0.321 e. The normalized spacial score (nSPS) is 12.3. The smallest absolute Gasteiger partial charge is 0.252 e. The molecule has 5 aromatic rings. The number of aromatic nitrogens is 5. The Morgan fingerprint density at radius 2 is 1.62 bits per heavy atom. The molecule has 0 aliphatic rings. The summed E-state index contributed by atoms with van der Waals surface area (Å²) in [4.78, 5) is 18.7. The van der Waals surface area contributed by atoms with Crippen molar-refractivity contribution in [1.82, 2.24) is 30.1 Å². The van der Waals surface area contributed by atoms with Crippen LogP contribution in [0.15, 0.2) is 83.7 Å². The third-order valence-electron chi connectivity index (χ3n) is 6.83. The van der Waals surface area contributed by atoms with Crippen LogP contribution in [-0.2, 0) is 19.6 Å². The average Bonchev–Trinajstić information content (AvgIpc) is 3.34. The van der Waals surface area contributed by atoms with Crippen LogP contribution in [-0.4, -0.2) is 30.1 Å². The van der Waals surface area contributed by atoms with Crippen molar-refractivity contribution in [1.29, 1.82) is 0 Å². The van der Waals surface area contributed by atoms with E-state index in [9.17, 15) is 4.79 Å². The number of nitrogens with one attached hydrogen (secondary N) is 1. The molecule has 0 aliphatic carbocycles. The van der Waals surface area contributed by atoms with Gasteiger partial charge in [0.05, 0.1) is 18.1 Å². The number of aryl methyl sites for hydroxylation is 2. The van der Waals surface area contributed by atoms with E-state index in [1.54, 1.807) is 0 Å². The Kier molecular flexibility index (Phi) is 7.23. The number of nitrogens with zero attached hydrogens (tertiary/aromatic N) is 5. The van der Waals surface area contributed by atoms with Crippen LogP contribution >= 0.6 is 0 Å². The largest absolute Gasteiger partial charge is 0.321 e. The number of pyridine rings is 1. The third kappa shape index (κ3) is 5.52. The molecule has 0 amide bonds. The molecule has 7 nitrogen and oxygen atoms in total. The van der Waals surface area contributed by atoms with Gasteiger partial charge in [-0.3, -0.25) is 9.69 Å². The number of tetrazole rings is 1. The van der Waals surface area contributed by atoms with Gasteiger partial charge in [-0.05, 0) is 64.9 Å². The number of benzene rings is 3. The SMILES string of the molecule is CC[C@@H](c1nnnn1Cc1ccccc1)N(Cc1ccccc1)Cc1cc2cc(C)cc(C)c2[nH]c1=O. The lowest BCUT2D eigenvalue weighted by Gasteiger charge is -2.30. The Morgan fingerprint density at radius 3 is 2.32 bits per heavy atom. The molecule has 37 heavy (non-hydrogen) atoms. The van der Waals surface area contributed by atoms with Crippen molar-refractivity contribution in [2.45, 2.75) is 52.9 Å². The zero-order chi connectivity index (χ0) is 25.8. The first kappa shape index (κ1) is 24.6. The summed E-state index contributed by atoms with van der Waals surface area (Å²) in [5.41, 5.74) is 6.13. The van der Waals surface area contributed by atoms with Gasteiger partial charge in [0, 0.05) is 18.7 Å². The first-order valence-electron chi connectivity index (χ1n) is 12.7. The summed E-state index contributed by atoms with van der Waals surface area (Å²) in [6, 6.07) is 26.7. The van der Waals surface area contributed by atoms with Crippen LogP contribution < -0.4 is 5.56 Å². The van der Waals surface area contributed by atoms with Gasteiger partial charge in [0.15, 0.2) is 5.82 Å². The van der Waals surface area contributed by atoms with Crippen LogP contribution in [0.3, 0.4) is 0 Å². The van der Waals surface area contributed by atoms with Gasteiger partial charge in [-0.1, -0.05) is 79.2 Å².